The highest BCUT2D eigenvalue weighted by atomic mass is 32.2. The van der Waals surface area contributed by atoms with Crippen molar-refractivity contribution in [1.29, 1.82) is 0 Å². The smallest absolute Gasteiger partial charge is 0.335 e. The minimum Gasteiger partial charge on any atom is -0.478 e. The Bertz CT molecular complexity index is 1260. The molecule has 0 saturated carbocycles. The third-order valence-corrected chi connectivity index (χ3v) is 5.94. The minimum absolute atomic E-state index is 0.0664. The second kappa shape index (κ2) is 8.33. The number of Topliss-reactive ketones (excluding diaryl/α,β-unsaturated/α-hetero) is 1. The number of hydrogen-bond donors (Lipinski definition) is 1. The Morgan fingerprint density at radius 1 is 1.06 bits per heavy atom. The Balaban J connectivity index is 1.61. The van der Waals surface area contributed by atoms with Crippen LogP contribution >= 0.6 is 24.0 Å². The van der Waals surface area contributed by atoms with Gasteiger partial charge >= 0.3 is 5.97 Å². The van der Waals surface area contributed by atoms with E-state index in [9.17, 15) is 14.4 Å². The molecule has 6 nitrogen and oxygen atoms in total. The van der Waals surface area contributed by atoms with Gasteiger partial charge in [0.15, 0.2) is 10.1 Å². The van der Waals surface area contributed by atoms with Crippen LogP contribution < -0.4 is 4.90 Å². The molecule has 3 aromatic rings. The number of hydrogen-bond acceptors (Lipinski definition) is 6. The first-order valence-electron chi connectivity index (χ1n) is 9.16. The van der Waals surface area contributed by atoms with Gasteiger partial charge in [-0.05, 0) is 43.3 Å². The number of benzene rings is 2. The zero-order valence-electron chi connectivity index (χ0n) is 16.2. The highest BCUT2D eigenvalue weighted by molar-refractivity contribution is 8.27. The van der Waals surface area contributed by atoms with Crippen molar-refractivity contribution in [3.05, 3.63) is 82.5 Å². The summed E-state index contributed by atoms with van der Waals surface area (Å²) in [6.07, 6.45) is 1.60. The number of thioether (sulfide) groups is 1. The number of furan rings is 1. The minimum atomic E-state index is -1.04. The van der Waals surface area contributed by atoms with Crippen LogP contribution in [0.2, 0.25) is 0 Å². The quantitative estimate of drug-likeness (QED) is 0.323. The van der Waals surface area contributed by atoms with E-state index in [1.165, 1.54) is 24.0 Å². The fourth-order valence-electron chi connectivity index (χ4n) is 3.15. The van der Waals surface area contributed by atoms with Crippen molar-refractivity contribution >= 4 is 57.7 Å². The Hall–Kier alpha value is -3.49. The van der Waals surface area contributed by atoms with Gasteiger partial charge in [0.1, 0.15) is 11.5 Å². The number of carboxylic acids is 1. The van der Waals surface area contributed by atoms with Crippen LogP contribution in [0.1, 0.15) is 33.4 Å². The zero-order chi connectivity index (χ0) is 22.1. The number of thiocarbonyl (C=S) groups is 1. The van der Waals surface area contributed by atoms with Crippen LogP contribution in [-0.2, 0) is 4.79 Å². The molecule has 2 heterocycles. The van der Waals surface area contributed by atoms with Crippen LogP contribution in [0.5, 0.6) is 0 Å². The molecule has 1 fully saturated rings. The standard InChI is InChI=1S/C23H15NO5S2/c1-13(25)17-4-2-3-5-18(17)19-11-10-16(29-19)12-20-21(26)24(23(30)31-20)15-8-6-14(7-9-15)22(27)28/h2-12H,1H3,(H,27,28). The number of amides is 1. The van der Waals surface area contributed by atoms with Crippen LogP contribution in [0.15, 0.2) is 70.0 Å². The molecule has 0 bridgehead atoms. The van der Waals surface area contributed by atoms with E-state index in [4.69, 9.17) is 21.7 Å². The molecule has 1 aliphatic rings. The molecule has 0 aliphatic carbocycles. The van der Waals surface area contributed by atoms with Gasteiger partial charge in [-0.1, -0.05) is 48.2 Å². The van der Waals surface area contributed by atoms with Crippen molar-refractivity contribution in [1.82, 2.24) is 0 Å². The van der Waals surface area contributed by atoms with Crippen LogP contribution in [-0.4, -0.2) is 27.1 Å². The van der Waals surface area contributed by atoms with E-state index in [2.05, 4.69) is 0 Å². The van der Waals surface area contributed by atoms with E-state index >= 15 is 0 Å². The highest BCUT2D eigenvalue weighted by Gasteiger charge is 2.33. The van der Waals surface area contributed by atoms with E-state index in [1.54, 1.807) is 48.5 Å². The lowest BCUT2D eigenvalue weighted by molar-refractivity contribution is -0.113. The van der Waals surface area contributed by atoms with Crippen molar-refractivity contribution in [2.75, 3.05) is 4.90 Å². The van der Waals surface area contributed by atoms with Gasteiger partial charge in [-0.15, -0.1) is 0 Å². The molecule has 0 atom stereocenters. The van der Waals surface area contributed by atoms with Crippen LogP contribution in [0.4, 0.5) is 5.69 Å². The molecule has 0 spiro atoms. The summed E-state index contributed by atoms with van der Waals surface area (Å²) in [5.41, 5.74) is 1.85. The van der Waals surface area contributed by atoms with E-state index in [1.807, 2.05) is 6.07 Å². The molecular weight excluding hydrogens is 434 g/mol. The molecule has 1 N–H and O–H groups in total. The van der Waals surface area contributed by atoms with Gasteiger partial charge in [0.05, 0.1) is 16.2 Å². The number of carbonyl (C=O) groups is 3. The Morgan fingerprint density at radius 3 is 2.45 bits per heavy atom. The SMILES string of the molecule is CC(=O)c1ccccc1-c1ccc(C=C2SC(=S)N(c3ccc(C(=O)O)cc3)C2=O)o1. The summed E-state index contributed by atoms with van der Waals surface area (Å²) in [5, 5.41) is 9.03. The molecule has 8 heteroatoms. The first-order chi connectivity index (χ1) is 14.8. The lowest BCUT2D eigenvalue weighted by Crippen LogP contribution is -2.27. The second-order valence-corrected chi connectivity index (χ2v) is 8.35. The first kappa shape index (κ1) is 20.8. The van der Waals surface area contributed by atoms with E-state index in [0.29, 0.717) is 37.6 Å². The van der Waals surface area contributed by atoms with E-state index < -0.39 is 5.97 Å². The first-order valence-corrected chi connectivity index (χ1v) is 10.4. The summed E-state index contributed by atoms with van der Waals surface area (Å²) >= 11 is 6.48. The second-order valence-electron chi connectivity index (χ2n) is 6.67. The van der Waals surface area contributed by atoms with Gasteiger partial charge in [0.25, 0.3) is 5.91 Å². The third kappa shape index (κ3) is 4.08. The summed E-state index contributed by atoms with van der Waals surface area (Å²) in [4.78, 5) is 37.6. The lowest BCUT2D eigenvalue weighted by atomic mass is 10.0. The average Bonchev–Trinajstić information content (AvgIpc) is 3.32. The Labute approximate surface area is 187 Å². The zero-order valence-corrected chi connectivity index (χ0v) is 17.8. The maximum atomic E-state index is 12.9. The van der Waals surface area contributed by atoms with Gasteiger partial charge < -0.3 is 9.52 Å². The predicted octanol–water partition coefficient (Wildman–Crippen LogP) is 5.25. The average molecular weight is 450 g/mol. The number of rotatable bonds is 5. The van der Waals surface area contributed by atoms with Gasteiger partial charge in [0, 0.05) is 17.2 Å². The molecule has 1 amide bonds. The van der Waals surface area contributed by atoms with E-state index in [-0.39, 0.29) is 17.3 Å². The number of nitrogens with zero attached hydrogens (tertiary/aromatic N) is 1. The normalized spacial score (nSPS) is 15.0. The van der Waals surface area contributed by atoms with Crippen molar-refractivity contribution in [2.24, 2.45) is 0 Å². The molecule has 1 aliphatic heterocycles. The number of anilines is 1. The van der Waals surface area contributed by atoms with Crippen LogP contribution in [0.3, 0.4) is 0 Å². The van der Waals surface area contributed by atoms with E-state index in [0.717, 1.165) is 11.8 Å². The molecule has 154 valence electrons. The van der Waals surface area contributed by atoms with Crippen molar-refractivity contribution in [3.8, 4) is 11.3 Å². The van der Waals surface area contributed by atoms with Gasteiger partial charge in [-0.25, -0.2) is 4.79 Å². The fourth-order valence-corrected chi connectivity index (χ4v) is 4.43. The molecule has 0 radical (unpaired) electrons. The number of carboxylic acid groups (broad SMARTS) is 1. The summed E-state index contributed by atoms with van der Waals surface area (Å²) < 4.78 is 6.21. The van der Waals surface area contributed by atoms with Gasteiger partial charge in [-0.2, -0.15) is 0 Å². The summed E-state index contributed by atoms with van der Waals surface area (Å²) in [7, 11) is 0. The third-order valence-electron chi connectivity index (χ3n) is 4.64. The highest BCUT2D eigenvalue weighted by Crippen LogP contribution is 2.37. The van der Waals surface area contributed by atoms with Crippen LogP contribution in [0, 0.1) is 0 Å². The van der Waals surface area contributed by atoms with Gasteiger partial charge in [-0.3, -0.25) is 14.5 Å². The van der Waals surface area contributed by atoms with Crippen LogP contribution in [0.25, 0.3) is 17.4 Å². The molecule has 4 rings (SSSR count). The largest absolute Gasteiger partial charge is 0.478 e. The molecule has 1 saturated heterocycles. The Kier molecular flexibility index (Phi) is 5.58. The molecule has 2 aromatic carbocycles. The lowest BCUT2D eigenvalue weighted by Gasteiger charge is -2.14. The van der Waals surface area contributed by atoms with Crippen molar-refractivity contribution < 1.29 is 23.9 Å². The fraction of sp³-hybridized carbons (Fsp3) is 0.0435. The predicted molar refractivity (Wildman–Crippen MR) is 123 cm³/mol. The Morgan fingerprint density at radius 2 is 1.77 bits per heavy atom. The maximum absolute atomic E-state index is 12.9. The molecule has 1 aromatic heterocycles. The van der Waals surface area contributed by atoms with Crippen molar-refractivity contribution in [3.63, 3.8) is 0 Å². The maximum Gasteiger partial charge on any atom is 0.335 e. The number of ketones is 1. The summed E-state index contributed by atoms with van der Waals surface area (Å²) in [6, 6.07) is 16.6. The molecule has 31 heavy (non-hydrogen) atoms. The molecule has 0 unspecified atom stereocenters. The number of aromatic carboxylic acids is 1. The van der Waals surface area contributed by atoms with Crippen molar-refractivity contribution in [2.45, 2.75) is 6.92 Å². The topological polar surface area (TPSA) is 87.8 Å². The summed E-state index contributed by atoms with van der Waals surface area (Å²) in [5.74, 6) is -0.452. The number of carbonyl (C=O) groups excluding carboxylic acids is 2. The van der Waals surface area contributed by atoms with Gasteiger partial charge in [0.2, 0.25) is 0 Å². The monoisotopic (exact) mass is 449 g/mol. The summed E-state index contributed by atoms with van der Waals surface area (Å²) in [6.45, 7) is 1.50. The molecular formula is C23H15NO5S2.